The van der Waals surface area contributed by atoms with Crippen LogP contribution in [0.5, 0.6) is 0 Å². The first-order valence-electron chi connectivity index (χ1n) is 3.68. The lowest BCUT2D eigenvalue weighted by atomic mass is 10.2. The first-order valence-corrected chi connectivity index (χ1v) is 4.49. The van der Waals surface area contributed by atoms with Gasteiger partial charge in [-0.15, -0.1) is 11.3 Å². The van der Waals surface area contributed by atoms with Crippen LogP contribution in [0.3, 0.4) is 0 Å². The van der Waals surface area contributed by atoms with E-state index >= 15 is 0 Å². The Kier molecular flexibility index (Phi) is 3.07. The van der Waals surface area contributed by atoms with Gasteiger partial charge in [-0.1, -0.05) is 11.8 Å². The Balaban J connectivity index is 3.03. The fourth-order valence-electron chi connectivity index (χ4n) is 0.843. The van der Waals surface area contributed by atoms with Crippen LogP contribution in [0.1, 0.15) is 20.1 Å². The van der Waals surface area contributed by atoms with Crippen LogP contribution in [0.15, 0.2) is 6.07 Å². The fraction of sp³-hybridized carbons (Fsp3) is 0.222. The molecule has 0 aromatic carbocycles. The third-order valence-corrected chi connectivity index (χ3v) is 2.57. The van der Waals surface area contributed by atoms with E-state index in [2.05, 4.69) is 11.8 Å². The van der Waals surface area contributed by atoms with E-state index in [9.17, 15) is 4.79 Å². The van der Waals surface area contributed by atoms with Crippen molar-refractivity contribution in [2.75, 3.05) is 6.54 Å². The van der Waals surface area contributed by atoms with Crippen molar-refractivity contribution in [2.45, 2.75) is 6.92 Å². The summed E-state index contributed by atoms with van der Waals surface area (Å²) in [6.45, 7) is 2.13. The zero-order chi connectivity index (χ0) is 9.84. The first kappa shape index (κ1) is 9.78. The quantitative estimate of drug-likeness (QED) is 0.659. The van der Waals surface area contributed by atoms with Crippen molar-refractivity contribution in [1.29, 1.82) is 0 Å². The van der Waals surface area contributed by atoms with Crippen LogP contribution in [0.25, 0.3) is 0 Å². The highest BCUT2D eigenvalue weighted by Crippen LogP contribution is 2.20. The molecular weight excluding hydrogens is 186 g/mol. The van der Waals surface area contributed by atoms with Crippen molar-refractivity contribution in [1.82, 2.24) is 0 Å². The van der Waals surface area contributed by atoms with Crippen molar-refractivity contribution >= 4 is 17.3 Å². The van der Waals surface area contributed by atoms with E-state index in [0.29, 0.717) is 11.4 Å². The topological polar surface area (TPSA) is 63.3 Å². The number of rotatable bonds is 1. The number of aryl methyl sites for hydroxylation is 1. The van der Waals surface area contributed by atoms with Gasteiger partial charge in [-0.25, -0.2) is 4.79 Å². The summed E-state index contributed by atoms with van der Waals surface area (Å²) in [5, 5.41) is 8.69. The molecule has 1 heterocycles. The molecule has 0 radical (unpaired) electrons. The van der Waals surface area contributed by atoms with E-state index in [1.165, 1.54) is 11.3 Å². The van der Waals surface area contributed by atoms with E-state index in [1.54, 1.807) is 6.07 Å². The molecule has 0 fully saturated rings. The molecule has 3 N–H and O–H groups in total. The summed E-state index contributed by atoms with van der Waals surface area (Å²) in [6.07, 6.45) is 0. The van der Waals surface area contributed by atoms with Crippen molar-refractivity contribution in [3.05, 3.63) is 21.4 Å². The minimum absolute atomic E-state index is 0.291. The largest absolute Gasteiger partial charge is 0.477 e. The number of hydrogen-bond acceptors (Lipinski definition) is 3. The summed E-state index contributed by atoms with van der Waals surface area (Å²) in [6, 6.07) is 1.62. The Morgan fingerprint density at radius 2 is 2.46 bits per heavy atom. The molecule has 0 bridgehead atoms. The van der Waals surface area contributed by atoms with Crippen LogP contribution in [0.4, 0.5) is 0 Å². The summed E-state index contributed by atoms with van der Waals surface area (Å²) in [4.78, 5) is 11.7. The number of carboxylic acids is 1. The molecule has 0 amide bonds. The molecule has 68 valence electrons. The van der Waals surface area contributed by atoms with Gasteiger partial charge in [0.05, 0.1) is 11.4 Å². The molecule has 3 nitrogen and oxygen atoms in total. The van der Waals surface area contributed by atoms with Gasteiger partial charge in [0.2, 0.25) is 0 Å². The SMILES string of the molecule is Cc1cc(C(=O)O)sc1C#CCN. The summed E-state index contributed by atoms with van der Waals surface area (Å²) in [7, 11) is 0. The van der Waals surface area contributed by atoms with Crippen LogP contribution >= 0.6 is 11.3 Å². The lowest BCUT2D eigenvalue weighted by Crippen LogP contribution is -1.92. The molecule has 0 aliphatic carbocycles. The molecule has 0 spiro atoms. The highest BCUT2D eigenvalue weighted by Gasteiger charge is 2.08. The van der Waals surface area contributed by atoms with Crippen molar-refractivity contribution < 1.29 is 9.90 Å². The second-order valence-electron chi connectivity index (χ2n) is 2.43. The average Bonchev–Trinajstić information content (AvgIpc) is 2.44. The van der Waals surface area contributed by atoms with Gasteiger partial charge in [-0.3, -0.25) is 0 Å². The monoisotopic (exact) mass is 195 g/mol. The molecule has 1 aromatic rings. The van der Waals surface area contributed by atoms with Gasteiger partial charge in [0.1, 0.15) is 4.88 Å². The lowest BCUT2D eigenvalue weighted by molar-refractivity contribution is 0.0702. The molecule has 0 saturated heterocycles. The van der Waals surface area contributed by atoms with E-state index < -0.39 is 5.97 Å². The maximum Gasteiger partial charge on any atom is 0.345 e. The number of carboxylic acid groups (broad SMARTS) is 1. The van der Waals surface area contributed by atoms with Crippen molar-refractivity contribution in [2.24, 2.45) is 5.73 Å². The number of hydrogen-bond donors (Lipinski definition) is 2. The Morgan fingerprint density at radius 3 is 2.92 bits per heavy atom. The van der Waals surface area contributed by atoms with Gasteiger partial charge in [-0.05, 0) is 18.6 Å². The first-order chi connectivity index (χ1) is 6.15. The average molecular weight is 195 g/mol. The second-order valence-corrected chi connectivity index (χ2v) is 3.49. The van der Waals surface area contributed by atoms with Gasteiger partial charge in [0, 0.05) is 0 Å². The molecule has 0 unspecified atom stereocenters. The predicted octanol–water partition coefficient (Wildman–Crippen LogP) is 1.06. The van der Waals surface area contributed by atoms with Crippen LogP contribution in [0.2, 0.25) is 0 Å². The second kappa shape index (κ2) is 4.08. The fourth-order valence-corrected chi connectivity index (χ4v) is 1.73. The molecule has 0 saturated carbocycles. The molecule has 1 aromatic heterocycles. The van der Waals surface area contributed by atoms with E-state index in [1.807, 2.05) is 6.92 Å². The van der Waals surface area contributed by atoms with E-state index in [-0.39, 0.29) is 0 Å². The molecule has 0 aliphatic heterocycles. The van der Waals surface area contributed by atoms with Crippen molar-refractivity contribution in [3.8, 4) is 11.8 Å². The lowest BCUT2D eigenvalue weighted by Gasteiger charge is -1.82. The number of thiophene rings is 1. The molecular formula is C9H9NO2S. The molecule has 1 rings (SSSR count). The van der Waals surface area contributed by atoms with E-state index in [0.717, 1.165) is 10.4 Å². The Hall–Kier alpha value is -1.31. The third-order valence-electron chi connectivity index (χ3n) is 1.43. The van der Waals surface area contributed by atoms with Gasteiger partial charge >= 0.3 is 5.97 Å². The van der Waals surface area contributed by atoms with Gasteiger partial charge in [0.15, 0.2) is 0 Å². The van der Waals surface area contributed by atoms with Gasteiger partial charge in [0.25, 0.3) is 0 Å². The Morgan fingerprint density at radius 1 is 1.77 bits per heavy atom. The predicted molar refractivity (Wildman–Crippen MR) is 51.9 cm³/mol. The summed E-state index contributed by atoms with van der Waals surface area (Å²) < 4.78 is 0. The zero-order valence-corrected chi connectivity index (χ0v) is 7.94. The molecule has 4 heteroatoms. The van der Waals surface area contributed by atoms with Crippen LogP contribution in [-0.2, 0) is 0 Å². The zero-order valence-electron chi connectivity index (χ0n) is 7.13. The van der Waals surface area contributed by atoms with Crippen LogP contribution < -0.4 is 5.73 Å². The van der Waals surface area contributed by atoms with Crippen molar-refractivity contribution in [3.63, 3.8) is 0 Å². The standard InChI is InChI=1S/C9H9NO2S/c1-6-5-8(9(11)12)13-7(6)3-2-4-10/h5H,4,10H2,1H3,(H,11,12). The maximum absolute atomic E-state index is 10.6. The smallest absolute Gasteiger partial charge is 0.345 e. The van der Waals surface area contributed by atoms with Crippen LogP contribution in [-0.4, -0.2) is 17.6 Å². The summed E-state index contributed by atoms with van der Waals surface area (Å²) >= 11 is 1.18. The normalized spacial score (nSPS) is 9.08. The minimum Gasteiger partial charge on any atom is -0.477 e. The summed E-state index contributed by atoms with van der Waals surface area (Å²) in [5.41, 5.74) is 6.10. The third kappa shape index (κ3) is 2.31. The maximum atomic E-state index is 10.6. The van der Waals surface area contributed by atoms with Gasteiger partial charge in [-0.2, -0.15) is 0 Å². The summed E-state index contributed by atoms with van der Waals surface area (Å²) in [5.74, 6) is 4.61. The number of carbonyl (C=O) groups is 1. The number of aromatic carboxylic acids is 1. The molecule has 13 heavy (non-hydrogen) atoms. The molecule has 0 atom stereocenters. The Labute approximate surface area is 80.2 Å². The molecule has 0 aliphatic rings. The Bertz CT molecular complexity index is 384. The minimum atomic E-state index is -0.908. The highest BCUT2D eigenvalue weighted by molar-refractivity contribution is 7.14. The van der Waals surface area contributed by atoms with E-state index in [4.69, 9.17) is 10.8 Å². The highest BCUT2D eigenvalue weighted by atomic mass is 32.1. The number of nitrogens with two attached hydrogens (primary N) is 1. The van der Waals surface area contributed by atoms with Crippen LogP contribution in [0, 0.1) is 18.8 Å². The van der Waals surface area contributed by atoms with Gasteiger partial charge < -0.3 is 10.8 Å².